The Kier molecular flexibility index (Phi) is 4.72. The van der Waals surface area contributed by atoms with Crippen LogP contribution in [0.25, 0.3) is 0 Å². The number of hydrogen-bond donors (Lipinski definition) is 0. The lowest BCUT2D eigenvalue weighted by Gasteiger charge is -2.39. The maximum Gasteiger partial charge on any atom is 0.408 e. The van der Waals surface area contributed by atoms with Crippen LogP contribution in [0.15, 0.2) is 35.3 Å². The van der Waals surface area contributed by atoms with Gasteiger partial charge in [-0.2, -0.15) is 18.2 Å². The molecule has 0 spiro atoms. The summed E-state index contributed by atoms with van der Waals surface area (Å²) in [6, 6.07) is 4.15. The van der Waals surface area contributed by atoms with E-state index in [0.29, 0.717) is 19.0 Å². The lowest BCUT2D eigenvalue weighted by Crippen LogP contribution is -2.54. The van der Waals surface area contributed by atoms with Crippen molar-refractivity contribution >= 4 is 17.5 Å². The van der Waals surface area contributed by atoms with E-state index in [-0.39, 0.29) is 36.8 Å². The van der Waals surface area contributed by atoms with Crippen LogP contribution in [0.5, 0.6) is 0 Å². The zero-order valence-corrected chi connectivity index (χ0v) is 16.5. The van der Waals surface area contributed by atoms with Gasteiger partial charge in [0.05, 0.1) is 25.3 Å². The van der Waals surface area contributed by atoms with Gasteiger partial charge < -0.3 is 14.5 Å². The molecular weight excluding hydrogens is 415 g/mol. The summed E-state index contributed by atoms with van der Waals surface area (Å²) in [5.74, 6) is -0.384. The number of morpholine rings is 1. The summed E-state index contributed by atoms with van der Waals surface area (Å²) in [5.41, 5.74) is -0.368. The summed E-state index contributed by atoms with van der Waals surface area (Å²) in [5, 5.41) is 0. The molecule has 5 heterocycles. The summed E-state index contributed by atoms with van der Waals surface area (Å²) in [6.07, 6.45) is -2.67. The molecule has 2 aromatic rings. The lowest BCUT2D eigenvalue weighted by molar-refractivity contribution is -0.152. The number of carbonyl (C=O) groups excluding carboxylic acids is 1. The van der Waals surface area contributed by atoms with Crippen molar-refractivity contribution in [2.24, 2.45) is 0 Å². The van der Waals surface area contributed by atoms with Crippen LogP contribution in [0, 0.1) is 0 Å². The van der Waals surface area contributed by atoms with Crippen LogP contribution in [0.1, 0.15) is 23.3 Å². The number of halogens is 3. The number of fused-ring (bicyclic) bond motifs is 3. The molecule has 11 heteroatoms. The number of aromatic nitrogens is 3. The Balaban J connectivity index is 1.54. The number of alkyl halides is 3. The monoisotopic (exact) mass is 435 g/mol. The fourth-order valence-corrected chi connectivity index (χ4v) is 4.57. The fraction of sp³-hybridized carbons (Fsp3) is 0.500. The van der Waals surface area contributed by atoms with E-state index in [0.717, 1.165) is 11.3 Å². The number of rotatable bonds is 4. The quantitative estimate of drug-likeness (QED) is 0.676. The second kappa shape index (κ2) is 7.33. The molecule has 5 rings (SSSR count). The van der Waals surface area contributed by atoms with E-state index in [4.69, 9.17) is 4.74 Å². The highest BCUT2D eigenvalue weighted by atomic mass is 19.4. The van der Waals surface area contributed by atoms with E-state index in [2.05, 4.69) is 9.97 Å². The van der Waals surface area contributed by atoms with E-state index in [1.54, 1.807) is 12.1 Å². The van der Waals surface area contributed by atoms with Crippen molar-refractivity contribution in [2.45, 2.75) is 43.8 Å². The molecular formula is C20H20F3N5O3. The molecule has 8 nitrogen and oxygen atoms in total. The Hall–Kier alpha value is -2.95. The Bertz CT molecular complexity index is 1060. The van der Waals surface area contributed by atoms with Gasteiger partial charge in [0.1, 0.15) is 17.6 Å². The predicted molar refractivity (Wildman–Crippen MR) is 104 cm³/mol. The third kappa shape index (κ3) is 3.56. The van der Waals surface area contributed by atoms with Gasteiger partial charge in [-0.05, 0) is 25.0 Å². The molecule has 2 bridgehead atoms. The topological polar surface area (TPSA) is 80.6 Å². The van der Waals surface area contributed by atoms with Crippen LogP contribution in [0.2, 0.25) is 0 Å². The number of nitrogens with zero attached hydrogens (tertiary/aromatic N) is 5. The van der Waals surface area contributed by atoms with E-state index in [1.807, 2.05) is 4.90 Å². The average molecular weight is 435 g/mol. The highest BCUT2D eigenvalue weighted by molar-refractivity contribution is 5.97. The van der Waals surface area contributed by atoms with Crippen molar-refractivity contribution in [3.8, 4) is 0 Å². The Morgan fingerprint density at radius 1 is 1.29 bits per heavy atom. The summed E-state index contributed by atoms with van der Waals surface area (Å²) in [6.45, 7) is 0.343. The normalized spacial score (nSPS) is 25.1. The molecule has 0 saturated carbocycles. The smallest absolute Gasteiger partial charge is 0.374 e. The zero-order valence-electron chi connectivity index (χ0n) is 16.5. The molecule has 0 amide bonds. The van der Waals surface area contributed by atoms with E-state index in [1.165, 1.54) is 22.9 Å². The van der Waals surface area contributed by atoms with Crippen LogP contribution >= 0.6 is 0 Å². The molecule has 3 atom stereocenters. The Morgan fingerprint density at radius 3 is 2.77 bits per heavy atom. The number of anilines is 2. The number of ketones is 1. The first-order valence-electron chi connectivity index (χ1n) is 10.1. The second-order valence-electron chi connectivity index (χ2n) is 8.01. The van der Waals surface area contributed by atoms with Crippen molar-refractivity contribution in [2.75, 3.05) is 29.5 Å². The predicted octanol–water partition coefficient (Wildman–Crippen LogP) is 1.64. The van der Waals surface area contributed by atoms with Gasteiger partial charge in [-0.3, -0.25) is 19.1 Å². The molecule has 0 aromatic carbocycles. The van der Waals surface area contributed by atoms with Gasteiger partial charge in [0.25, 0.3) is 5.56 Å². The standard InChI is InChI=1S/C20H20F3N5O3/c21-20(22,23)16-4-6-26-18(30)8-17(27-9-13-7-12(27)11-31-13)25-19(26)28(16)10-15(29)14-3-1-2-5-24-14/h1-3,5,8,12-13,16H,4,6-7,9-11H2/t12-,13+,16-/m0/s1. The van der Waals surface area contributed by atoms with E-state index >= 15 is 0 Å². The molecule has 2 aromatic heterocycles. The highest BCUT2D eigenvalue weighted by Gasteiger charge is 2.48. The van der Waals surface area contributed by atoms with Crippen LogP contribution in [0.3, 0.4) is 0 Å². The molecule has 0 N–H and O–H groups in total. The first kappa shape index (κ1) is 20.0. The first-order chi connectivity index (χ1) is 14.8. The highest BCUT2D eigenvalue weighted by Crippen LogP contribution is 2.36. The molecule has 164 valence electrons. The number of Topliss-reactive ketones (excluding diaryl/α,β-unsaturated/α-hetero) is 1. The molecule has 3 aliphatic heterocycles. The molecule has 3 aliphatic rings. The summed E-state index contributed by atoms with van der Waals surface area (Å²) >= 11 is 0. The van der Waals surface area contributed by atoms with E-state index in [9.17, 15) is 22.8 Å². The van der Waals surface area contributed by atoms with E-state index < -0.39 is 30.1 Å². The largest absolute Gasteiger partial charge is 0.408 e. The van der Waals surface area contributed by atoms with Gasteiger partial charge in [0, 0.05) is 25.4 Å². The molecule has 2 fully saturated rings. The van der Waals surface area contributed by atoms with Crippen molar-refractivity contribution < 1.29 is 22.7 Å². The Labute approximate surface area is 175 Å². The van der Waals surface area contributed by atoms with Crippen molar-refractivity contribution in [1.82, 2.24) is 14.5 Å². The third-order valence-electron chi connectivity index (χ3n) is 6.07. The number of carbonyl (C=O) groups is 1. The van der Waals surface area contributed by atoms with Gasteiger partial charge in [-0.15, -0.1) is 0 Å². The maximum absolute atomic E-state index is 13.9. The molecule has 0 aliphatic carbocycles. The SMILES string of the molecule is O=C(CN1c2nc(N3C[C@H]4C[C@H]3CO4)cc(=O)n2CC[C@H]1C(F)(F)F)c1ccccn1. The lowest BCUT2D eigenvalue weighted by atomic mass is 10.1. The van der Waals surface area contributed by atoms with Gasteiger partial charge in [0.15, 0.2) is 5.78 Å². The van der Waals surface area contributed by atoms with Gasteiger partial charge in [0.2, 0.25) is 5.95 Å². The van der Waals surface area contributed by atoms with Gasteiger partial charge >= 0.3 is 6.18 Å². The number of pyridine rings is 1. The second-order valence-corrected chi connectivity index (χ2v) is 8.01. The summed E-state index contributed by atoms with van der Waals surface area (Å²) in [7, 11) is 0. The fourth-order valence-electron chi connectivity index (χ4n) is 4.57. The molecule has 0 radical (unpaired) electrons. The van der Waals surface area contributed by atoms with Crippen LogP contribution in [-0.4, -0.2) is 64.4 Å². The van der Waals surface area contributed by atoms with Crippen LogP contribution < -0.4 is 15.4 Å². The van der Waals surface area contributed by atoms with Crippen LogP contribution in [-0.2, 0) is 11.3 Å². The minimum absolute atomic E-state index is 0.0374. The van der Waals surface area contributed by atoms with Crippen LogP contribution in [0.4, 0.5) is 24.9 Å². The molecule has 31 heavy (non-hydrogen) atoms. The number of ether oxygens (including phenoxy) is 1. The maximum atomic E-state index is 13.9. The Morgan fingerprint density at radius 2 is 2.13 bits per heavy atom. The molecule has 0 unspecified atom stereocenters. The average Bonchev–Trinajstić information content (AvgIpc) is 3.37. The number of hydrogen-bond acceptors (Lipinski definition) is 7. The minimum atomic E-state index is -4.58. The van der Waals surface area contributed by atoms with Crippen molar-refractivity contribution in [3.05, 3.63) is 46.5 Å². The third-order valence-corrected chi connectivity index (χ3v) is 6.07. The zero-order chi connectivity index (χ0) is 21.8. The van der Waals surface area contributed by atoms with Crippen molar-refractivity contribution in [3.63, 3.8) is 0 Å². The summed E-state index contributed by atoms with van der Waals surface area (Å²) < 4.78 is 48.3. The van der Waals surface area contributed by atoms with Gasteiger partial charge in [-0.1, -0.05) is 6.07 Å². The minimum Gasteiger partial charge on any atom is -0.374 e. The molecule has 2 saturated heterocycles. The van der Waals surface area contributed by atoms with Crippen molar-refractivity contribution in [1.29, 1.82) is 0 Å². The first-order valence-corrected chi connectivity index (χ1v) is 10.1. The summed E-state index contributed by atoms with van der Waals surface area (Å²) in [4.78, 5) is 36.7. The van der Waals surface area contributed by atoms with Gasteiger partial charge in [-0.25, -0.2) is 0 Å².